The van der Waals surface area contributed by atoms with Crippen LogP contribution in [0.2, 0.25) is 0 Å². The molecule has 2 aromatic rings. The SMILES string of the molecule is CC1=C(C(=O)OCc2ccccc2)[C@@]2(C(=O)N(CC(N)=O)c3ccccc32)C(C#N)=C(N)O1. The molecule has 166 valence electrons. The number of para-hydroxylation sites is 1. The van der Waals surface area contributed by atoms with Crippen LogP contribution in [-0.4, -0.2) is 24.3 Å². The zero-order valence-corrected chi connectivity index (χ0v) is 17.7. The maximum absolute atomic E-state index is 13.9. The second-order valence-electron chi connectivity index (χ2n) is 7.57. The van der Waals surface area contributed by atoms with Crippen LogP contribution in [0.25, 0.3) is 0 Å². The van der Waals surface area contributed by atoms with Crippen molar-refractivity contribution in [3.05, 3.63) is 88.5 Å². The lowest BCUT2D eigenvalue weighted by atomic mass is 9.68. The standard InChI is InChI=1S/C24H20N4O5/c1-14-20(22(30)32-13-15-7-3-2-4-8-15)24(17(11-25)21(27)33-14)16-9-5-6-10-18(16)28(23(24)31)12-19(26)29/h2-10H,12-13,27H2,1H3,(H2,26,29)/t24-/m0/s1. The number of rotatable bonds is 5. The molecule has 4 N–H and O–H groups in total. The van der Waals surface area contributed by atoms with E-state index in [0.29, 0.717) is 11.3 Å². The largest absolute Gasteiger partial charge is 0.457 e. The van der Waals surface area contributed by atoms with Crippen molar-refractivity contribution in [3.63, 3.8) is 0 Å². The van der Waals surface area contributed by atoms with Gasteiger partial charge in [0, 0.05) is 11.3 Å². The number of fused-ring (bicyclic) bond motifs is 2. The molecule has 2 aliphatic rings. The summed E-state index contributed by atoms with van der Waals surface area (Å²) >= 11 is 0. The Morgan fingerprint density at radius 1 is 1.15 bits per heavy atom. The molecule has 0 unspecified atom stereocenters. The van der Waals surface area contributed by atoms with Gasteiger partial charge in [0.25, 0.3) is 0 Å². The molecule has 2 aromatic carbocycles. The number of ether oxygens (including phenoxy) is 2. The van der Waals surface area contributed by atoms with Crippen LogP contribution < -0.4 is 16.4 Å². The van der Waals surface area contributed by atoms with Crippen molar-refractivity contribution in [2.75, 3.05) is 11.4 Å². The van der Waals surface area contributed by atoms with E-state index < -0.39 is 29.7 Å². The Kier molecular flexibility index (Phi) is 5.35. The van der Waals surface area contributed by atoms with Crippen molar-refractivity contribution in [1.29, 1.82) is 5.26 Å². The summed E-state index contributed by atoms with van der Waals surface area (Å²) in [6.07, 6.45) is 0. The third kappa shape index (κ3) is 3.29. The number of hydrogen-bond acceptors (Lipinski definition) is 7. The first-order chi connectivity index (χ1) is 15.8. The summed E-state index contributed by atoms with van der Waals surface area (Å²) in [6.45, 7) is 0.964. The normalized spacial score (nSPS) is 19.3. The van der Waals surface area contributed by atoms with Gasteiger partial charge in [-0.25, -0.2) is 4.79 Å². The Hall–Kier alpha value is -4.58. The minimum atomic E-state index is -1.93. The van der Waals surface area contributed by atoms with Gasteiger partial charge in [0.1, 0.15) is 36.1 Å². The molecule has 9 nitrogen and oxygen atoms in total. The number of amides is 2. The average molecular weight is 444 g/mol. The smallest absolute Gasteiger partial charge is 0.339 e. The Morgan fingerprint density at radius 2 is 1.82 bits per heavy atom. The van der Waals surface area contributed by atoms with E-state index in [2.05, 4.69) is 0 Å². The van der Waals surface area contributed by atoms with E-state index in [-0.39, 0.29) is 29.4 Å². The highest BCUT2D eigenvalue weighted by Gasteiger charge is 2.62. The number of nitrogens with two attached hydrogens (primary N) is 2. The quantitative estimate of drug-likeness (QED) is 0.664. The molecule has 0 aliphatic carbocycles. The number of primary amides is 1. The molecule has 0 saturated carbocycles. The summed E-state index contributed by atoms with van der Waals surface area (Å²) in [5.41, 5.74) is 10.4. The first-order valence-corrected chi connectivity index (χ1v) is 10.0. The maximum Gasteiger partial charge on any atom is 0.339 e. The minimum Gasteiger partial charge on any atom is -0.457 e. The second-order valence-corrected chi connectivity index (χ2v) is 7.57. The number of anilines is 1. The van der Waals surface area contributed by atoms with Crippen molar-refractivity contribution in [1.82, 2.24) is 0 Å². The summed E-state index contributed by atoms with van der Waals surface area (Å²) in [7, 11) is 0. The topological polar surface area (TPSA) is 149 Å². The van der Waals surface area contributed by atoms with Crippen LogP contribution in [0.3, 0.4) is 0 Å². The molecule has 0 saturated heterocycles. The lowest BCUT2D eigenvalue weighted by molar-refractivity contribution is -0.142. The fourth-order valence-corrected chi connectivity index (χ4v) is 4.32. The molecule has 0 radical (unpaired) electrons. The predicted octanol–water partition coefficient (Wildman–Crippen LogP) is 1.50. The van der Waals surface area contributed by atoms with E-state index in [1.54, 1.807) is 48.5 Å². The molecule has 2 aliphatic heterocycles. The highest BCUT2D eigenvalue weighted by molar-refractivity contribution is 6.19. The highest BCUT2D eigenvalue weighted by atomic mass is 16.5. The van der Waals surface area contributed by atoms with Gasteiger partial charge in [-0.1, -0.05) is 48.5 Å². The number of benzene rings is 2. The number of nitriles is 1. The fraction of sp³-hybridized carbons (Fsp3) is 0.167. The zero-order valence-electron chi connectivity index (χ0n) is 17.7. The van der Waals surface area contributed by atoms with E-state index in [9.17, 15) is 19.6 Å². The lowest BCUT2D eigenvalue weighted by Crippen LogP contribution is -2.50. The second kappa shape index (κ2) is 8.16. The van der Waals surface area contributed by atoms with Gasteiger partial charge in [-0.2, -0.15) is 5.26 Å². The molecule has 1 spiro atoms. The summed E-state index contributed by atoms with van der Waals surface area (Å²) in [6, 6.07) is 17.5. The van der Waals surface area contributed by atoms with Crippen molar-refractivity contribution in [3.8, 4) is 6.07 Å². The third-order valence-electron chi connectivity index (χ3n) is 5.62. The van der Waals surface area contributed by atoms with Crippen LogP contribution in [0, 0.1) is 11.3 Å². The molecular formula is C24H20N4O5. The average Bonchev–Trinajstić information content (AvgIpc) is 3.02. The van der Waals surface area contributed by atoms with Gasteiger partial charge in [0.15, 0.2) is 5.41 Å². The lowest BCUT2D eigenvalue weighted by Gasteiger charge is -2.34. The van der Waals surface area contributed by atoms with Gasteiger partial charge in [-0.05, 0) is 18.6 Å². The number of esters is 1. The Labute approximate surface area is 189 Å². The molecule has 4 rings (SSSR count). The number of allylic oxidation sites excluding steroid dienone is 1. The van der Waals surface area contributed by atoms with E-state index in [0.717, 1.165) is 10.5 Å². The van der Waals surface area contributed by atoms with E-state index in [1.165, 1.54) is 6.92 Å². The first-order valence-electron chi connectivity index (χ1n) is 10.0. The number of hydrogen-bond donors (Lipinski definition) is 2. The minimum absolute atomic E-state index is 0.0219. The van der Waals surface area contributed by atoms with Crippen LogP contribution in [-0.2, 0) is 35.9 Å². The molecule has 2 amide bonds. The van der Waals surface area contributed by atoms with Gasteiger partial charge < -0.3 is 25.8 Å². The summed E-state index contributed by atoms with van der Waals surface area (Å²) in [5, 5.41) is 9.99. The molecule has 0 aromatic heterocycles. The van der Waals surface area contributed by atoms with E-state index in [1.807, 2.05) is 12.1 Å². The molecule has 1 atom stereocenters. The molecule has 0 fully saturated rings. The Bertz CT molecular complexity index is 1280. The van der Waals surface area contributed by atoms with Crippen LogP contribution in [0.15, 0.2) is 77.4 Å². The van der Waals surface area contributed by atoms with Gasteiger partial charge >= 0.3 is 5.97 Å². The van der Waals surface area contributed by atoms with Crippen LogP contribution >= 0.6 is 0 Å². The fourth-order valence-electron chi connectivity index (χ4n) is 4.32. The van der Waals surface area contributed by atoms with Crippen molar-refractivity contribution in [2.45, 2.75) is 18.9 Å². The molecule has 0 bridgehead atoms. The Balaban J connectivity index is 1.89. The first kappa shape index (κ1) is 21.6. The summed E-state index contributed by atoms with van der Waals surface area (Å²) < 4.78 is 11.0. The van der Waals surface area contributed by atoms with Crippen molar-refractivity contribution < 1.29 is 23.9 Å². The van der Waals surface area contributed by atoms with Gasteiger partial charge in [0.2, 0.25) is 17.7 Å². The maximum atomic E-state index is 13.9. The van der Waals surface area contributed by atoms with Crippen LogP contribution in [0.4, 0.5) is 5.69 Å². The van der Waals surface area contributed by atoms with Crippen LogP contribution in [0.1, 0.15) is 18.1 Å². The molecule has 33 heavy (non-hydrogen) atoms. The van der Waals surface area contributed by atoms with Crippen molar-refractivity contribution >= 4 is 23.5 Å². The number of carbonyl (C=O) groups is 3. The molecule has 2 heterocycles. The predicted molar refractivity (Wildman–Crippen MR) is 117 cm³/mol. The highest BCUT2D eigenvalue weighted by Crippen LogP contribution is 2.54. The van der Waals surface area contributed by atoms with Gasteiger partial charge in [0.05, 0.1) is 0 Å². The van der Waals surface area contributed by atoms with E-state index >= 15 is 0 Å². The van der Waals surface area contributed by atoms with E-state index in [4.69, 9.17) is 20.9 Å². The van der Waals surface area contributed by atoms with Crippen molar-refractivity contribution in [2.24, 2.45) is 11.5 Å². The Morgan fingerprint density at radius 3 is 2.48 bits per heavy atom. The monoisotopic (exact) mass is 444 g/mol. The molecule has 9 heteroatoms. The number of carbonyl (C=O) groups excluding carboxylic acids is 3. The van der Waals surface area contributed by atoms with Gasteiger partial charge in [-0.3, -0.25) is 9.59 Å². The number of nitrogens with zero attached hydrogens (tertiary/aromatic N) is 2. The van der Waals surface area contributed by atoms with Gasteiger partial charge in [-0.15, -0.1) is 0 Å². The molecular weight excluding hydrogens is 424 g/mol. The summed E-state index contributed by atoms with van der Waals surface area (Å²) in [5.74, 6) is -2.60. The van der Waals surface area contributed by atoms with Crippen LogP contribution in [0.5, 0.6) is 0 Å². The third-order valence-corrected chi connectivity index (χ3v) is 5.62. The zero-order chi connectivity index (χ0) is 23.8. The summed E-state index contributed by atoms with van der Waals surface area (Å²) in [4.78, 5) is 40.2.